The van der Waals surface area contributed by atoms with Gasteiger partial charge in [-0.2, -0.15) is 0 Å². The number of rotatable bonds is 6. The second-order valence-electron chi connectivity index (χ2n) is 6.62. The van der Waals surface area contributed by atoms with Crippen molar-refractivity contribution < 1.29 is 18.7 Å². The van der Waals surface area contributed by atoms with Crippen LogP contribution in [0.5, 0.6) is 5.75 Å². The Bertz CT molecular complexity index is 884. The summed E-state index contributed by atoms with van der Waals surface area (Å²) in [7, 11) is 0. The predicted molar refractivity (Wildman–Crippen MR) is 105 cm³/mol. The van der Waals surface area contributed by atoms with Crippen LogP contribution in [0.15, 0.2) is 40.9 Å². The van der Waals surface area contributed by atoms with Gasteiger partial charge < -0.3 is 15.4 Å². The predicted octanol–water partition coefficient (Wildman–Crippen LogP) is 4.65. The van der Waals surface area contributed by atoms with E-state index in [4.69, 9.17) is 4.74 Å². The maximum Gasteiger partial charge on any atom is 0.265 e. The molecule has 0 heterocycles. The second-order valence-corrected chi connectivity index (χ2v) is 7.47. The average molecular weight is 435 g/mol. The standard InChI is InChI=1S/C20H20BrFN2O3/c1-11-3-7-15(23-20(26)13-4-5-13)10-17(11)24-19(25)12(2)27-18-8-6-14(22)9-16(18)21/h3,6-10,12-13H,4-5H2,1-2H3,(H,23,26)(H,24,25). The fourth-order valence-electron chi connectivity index (χ4n) is 2.47. The summed E-state index contributed by atoms with van der Waals surface area (Å²) in [6.07, 6.45) is 1.06. The third-order valence-corrected chi connectivity index (χ3v) is 4.90. The molecule has 1 atom stereocenters. The lowest BCUT2D eigenvalue weighted by Crippen LogP contribution is -2.30. The highest BCUT2D eigenvalue weighted by molar-refractivity contribution is 9.10. The van der Waals surface area contributed by atoms with Crippen LogP contribution >= 0.6 is 15.9 Å². The summed E-state index contributed by atoms with van der Waals surface area (Å²) < 4.78 is 19.2. The van der Waals surface area contributed by atoms with Gasteiger partial charge in [0.1, 0.15) is 11.6 Å². The Balaban J connectivity index is 1.66. The number of carbonyl (C=O) groups excluding carboxylic acids is 2. The molecule has 5 nitrogen and oxygen atoms in total. The van der Waals surface area contributed by atoms with E-state index >= 15 is 0 Å². The maximum absolute atomic E-state index is 13.2. The maximum atomic E-state index is 13.2. The van der Waals surface area contributed by atoms with Gasteiger partial charge in [0.15, 0.2) is 6.10 Å². The van der Waals surface area contributed by atoms with Crippen LogP contribution in [0.2, 0.25) is 0 Å². The van der Waals surface area contributed by atoms with Crippen molar-refractivity contribution in [3.8, 4) is 5.75 Å². The number of benzene rings is 2. The van der Waals surface area contributed by atoms with Gasteiger partial charge in [-0.05, 0) is 78.5 Å². The molecule has 1 aliphatic rings. The minimum Gasteiger partial charge on any atom is -0.480 e. The molecule has 2 aromatic carbocycles. The molecule has 1 saturated carbocycles. The Morgan fingerprint density at radius 1 is 1.19 bits per heavy atom. The van der Waals surface area contributed by atoms with Crippen molar-refractivity contribution in [1.82, 2.24) is 0 Å². The molecule has 1 fully saturated rings. The van der Waals surface area contributed by atoms with E-state index in [-0.39, 0.29) is 17.7 Å². The quantitative estimate of drug-likeness (QED) is 0.694. The third-order valence-electron chi connectivity index (χ3n) is 4.28. The van der Waals surface area contributed by atoms with Crippen LogP contribution in [0, 0.1) is 18.7 Å². The van der Waals surface area contributed by atoms with Crippen LogP contribution in [-0.4, -0.2) is 17.9 Å². The topological polar surface area (TPSA) is 67.4 Å². The van der Waals surface area contributed by atoms with Crippen LogP contribution in [0.4, 0.5) is 15.8 Å². The zero-order valence-corrected chi connectivity index (χ0v) is 16.6. The van der Waals surface area contributed by atoms with Gasteiger partial charge in [-0.1, -0.05) is 6.07 Å². The van der Waals surface area contributed by atoms with E-state index in [9.17, 15) is 14.0 Å². The fraction of sp³-hybridized carbons (Fsp3) is 0.300. The van der Waals surface area contributed by atoms with Crippen molar-refractivity contribution in [2.24, 2.45) is 5.92 Å². The Hall–Kier alpha value is -2.41. The Kier molecular flexibility index (Phi) is 5.79. The van der Waals surface area contributed by atoms with E-state index in [1.54, 1.807) is 19.1 Å². The van der Waals surface area contributed by atoms with Gasteiger partial charge in [0.25, 0.3) is 5.91 Å². The minimum absolute atomic E-state index is 0.00833. The molecule has 0 bridgehead atoms. The summed E-state index contributed by atoms with van der Waals surface area (Å²) in [6.45, 7) is 3.48. The molecule has 2 aromatic rings. The first-order valence-corrected chi connectivity index (χ1v) is 9.47. The van der Waals surface area contributed by atoms with Crippen molar-refractivity contribution in [2.45, 2.75) is 32.8 Å². The van der Waals surface area contributed by atoms with Crippen LogP contribution in [0.3, 0.4) is 0 Å². The monoisotopic (exact) mass is 434 g/mol. The number of halogens is 2. The van der Waals surface area contributed by atoms with Gasteiger partial charge in [-0.25, -0.2) is 4.39 Å². The Labute approximate surface area is 165 Å². The molecule has 7 heteroatoms. The molecule has 1 aliphatic carbocycles. The van der Waals surface area contributed by atoms with Gasteiger partial charge >= 0.3 is 0 Å². The van der Waals surface area contributed by atoms with E-state index in [0.29, 0.717) is 21.6 Å². The zero-order valence-electron chi connectivity index (χ0n) is 15.0. The minimum atomic E-state index is -0.795. The van der Waals surface area contributed by atoms with E-state index in [1.807, 2.05) is 13.0 Å². The zero-order chi connectivity index (χ0) is 19.6. The third kappa shape index (κ3) is 5.07. The van der Waals surface area contributed by atoms with Gasteiger partial charge in [-0.15, -0.1) is 0 Å². The van der Waals surface area contributed by atoms with Gasteiger partial charge in [0.2, 0.25) is 5.91 Å². The first kappa shape index (κ1) is 19.4. The number of ether oxygens (including phenoxy) is 1. The normalized spacial score (nSPS) is 14.4. The lowest BCUT2D eigenvalue weighted by molar-refractivity contribution is -0.122. The summed E-state index contributed by atoms with van der Waals surface area (Å²) in [5.41, 5.74) is 2.10. The van der Waals surface area contributed by atoms with Crippen LogP contribution in [0.1, 0.15) is 25.3 Å². The van der Waals surface area contributed by atoms with Crippen molar-refractivity contribution in [2.75, 3.05) is 10.6 Å². The van der Waals surface area contributed by atoms with Gasteiger partial charge in [0.05, 0.1) is 4.47 Å². The van der Waals surface area contributed by atoms with Crippen molar-refractivity contribution >= 4 is 39.1 Å². The summed E-state index contributed by atoms with van der Waals surface area (Å²) in [5.74, 6) is -0.255. The first-order valence-electron chi connectivity index (χ1n) is 8.67. The van der Waals surface area contributed by atoms with Crippen molar-refractivity contribution in [3.63, 3.8) is 0 Å². The summed E-state index contributed by atoms with van der Waals surface area (Å²) in [4.78, 5) is 24.4. The van der Waals surface area contributed by atoms with Crippen molar-refractivity contribution in [1.29, 1.82) is 0 Å². The number of hydrogen-bond acceptors (Lipinski definition) is 3. The molecule has 3 rings (SSSR count). The molecular weight excluding hydrogens is 415 g/mol. The molecule has 0 saturated heterocycles. The molecular formula is C20H20BrFN2O3. The smallest absolute Gasteiger partial charge is 0.265 e. The molecule has 0 aromatic heterocycles. The van der Waals surface area contributed by atoms with E-state index in [2.05, 4.69) is 26.6 Å². The van der Waals surface area contributed by atoms with Crippen LogP contribution in [0.25, 0.3) is 0 Å². The number of hydrogen-bond donors (Lipinski definition) is 2. The molecule has 2 N–H and O–H groups in total. The van der Waals surface area contributed by atoms with Crippen LogP contribution < -0.4 is 15.4 Å². The highest BCUT2D eigenvalue weighted by Gasteiger charge is 2.29. The number of carbonyl (C=O) groups is 2. The summed E-state index contributed by atoms with van der Waals surface area (Å²) >= 11 is 3.22. The first-order chi connectivity index (χ1) is 12.8. The highest BCUT2D eigenvalue weighted by atomic mass is 79.9. The van der Waals surface area contributed by atoms with E-state index < -0.39 is 11.9 Å². The molecule has 0 radical (unpaired) electrons. The summed E-state index contributed by atoms with van der Waals surface area (Å²) in [5, 5.41) is 5.68. The molecule has 0 spiro atoms. The second kappa shape index (κ2) is 8.08. The SMILES string of the molecule is Cc1ccc(NC(=O)C2CC2)cc1NC(=O)C(C)Oc1ccc(F)cc1Br. The largest absolute Gasteiger partial charge is 0.480 e. The Morgan fingerprint density at radius 2 is 1.93 bits per heavy atom. The number of anilines is 2. The van der Waals surface area contributed by atoms with Crippen molar-refractivity contribution in [3.05, 3.63) is 52.3 Å². The lowest BCUT2D eigenvalue weighted by Gasteiger charge is -2.17. The molecule has 2 amide bonds. The van der Waals surface area contributed by atoms with E-state index in [0.717, 1.165) is 18.4 Å². The number of nitrogens with one attached hydrogen (secondary N) is 2. The van der Waals surface area contributed by atoms with Gasteiger partial charge in [0, 0.05) is 17.3 Å². The summed E-state index contributed by atoms with van der Waals surface area (Å²) in [6, 6.07) is 9.37. The van der Waals surface area contributed by atoms with E-state index in [1.165, 1.54) is 18.2 Å². The fourth-order valence-corrected chi connectivity index (χ4v) is 2.92. The number of aryl methyl sites for hydroxylation is 1. The lowest BCUT2D eigenvalue weighted by atomic mass is 10.1. The molecule has 1 unspecified atom stereocenters. The highest BCUT2D eigenvalue weighted by Crippen LogP contribution is 2.31. The molecule has 0 aliphatic heterocycles. The average Bonchev–Trinajstić information content (AvgIpc) is 3.45. The number of amides is 2. The molecule has 27 heavy (non-hydrogen) atoms. The van der Waals surface area contributed by atoms with Gasteiger partial charge in [-0.3, -0.25) is 9.59 Å². The Morgan fingerprint density at radius 3 is 2.59 bits per heavy atom. The molecule has 142 valence electrons. The van der Waals surface area contributed by atoms with Crippen LogP contribution in [-0.2, 0) is 9.59 Å².